The molecule has 7 atom stereocenters. The van der Waals surface area contributed by atoms with Crippen LogP contribution in [0.15, 0.2) is 52.6 Å². The number of ketones is 3. The molecule has 82 heavy (non-hydrogen) atoms. The number of carbonyl (C=O) groups is 10. The van der Waals surface area contributed by atoms with E-state index < -0.39 is 96.1 Å². The molecule has 20 nitrogen and oxygen atoms in total. The summed E-state index contributed by atoms with van der Waals surface area (Å²) in [5.41, 5.74) is 0.874. The lowest BCUT2D eigenvalue weighted by molar-refractivity contribution is -0.161. The first-order valence-corrected chi connectivity index (χ1v) is 30.7. The van der Waals surface area contributed by atoms with Crippen LogP contribution in [-0.4, -0.2) is 177 Å². The Bertz CT molecular complexity index is 2590. The molecule has 2 N–H and O–H groups in total. The second kappa shape index (κ2) is 34.1. The molecule has 2 aromatic rings. The van der Waals surface area contributed by atoms with Gasteiger partial charge in [-0.25, -0.2) is 15.0 Å². The predicted molar refractivity (Wildman–Crippen MR) is 319 cm³/mol. The van der Waals surface area contributed by atoms with E-state index in [0.717, 1.165) is 32.5 Å². The van der Waals surface area contributed by atoms with Gasteiger partial charge in [0.25, 0.3) is 17.7 Å². The Morgan fingerprint density at radius 2 is 1.44 bits per heavy atom. The van der Waals surface area contributed by atoms with E-state index in [0.29, 0.717) is 35.9 Å². The van der Waals surface area contributed by atoms with Crippen LogP contribution in [0, 0.1) is 30.6 Å². The number of thiazole rings is 1. The number of carboxylic acids is 1. The number of Topliss-reactive ketones (excluding diaryl/α,β-unsaturated/α-hetero) is 3. The minimum absolute atomic E-state index is 0.0270. The number of hydrazine groups is 1. The Morgan fingerprint density at radius 1 is 0.854 bits per heavy atom. The third-order valence-electron chi connectivity index (χ3n) is 15.2. The number of aliphatic carboxylic acids is 1. The standard InChI is InChI=1S/C59H87N7O13S3/c1-15-39(5)47(56(74)64(13)49(37(2)3)32-50(79-42(8)67)55-61-48(35-82-55)54(73)60-44(29-40(6)57(75)76)30-43-20-18-38(4)19-21-43)31-51(70)59(9,10)63(12)26-22-46(69)34-66-53(72)24-28-81-36-80-27-23-52(71)65(66)33-45(68)17-16-25-62(11)41(7)58(77)78-14/h18-21,23-24,27-28,35,37,39-41,44,47,49-50H,15-17,22,25-26,29-34,36H2,1-14H3,(H,60,73)(H,75,76)/b27-23+,28-24+/t39-,40?,41-,44+,47-,49+,50+/m0/s1. The van der Waals surface area contributed by atoms with Gasteiger partial charge in [0.15, 0.2) is 23.5 Å². The molecule has 0 spiro atoms. The lowest BCUT2D eigenvalue weighted by Gasteiger charge is -2.39. The van der Waals surface area contributed by atoms with Crippen LogP contribution in [-0.2, 0) is 59.0 Å². The Balaban J connectivity index is 1.78. The summed E-state index contributed by atoms with van der Waals surface area (Å²) in [5, 5.41) is 20.2. The molecule has 23 heteroatoms. The number of aryl methyl sites for hydroxylation is 1. The third-order valence-corrected chi connectivity index (χ3v) is 17.9. The Hall–Kier alpha value is -5.75. The van der Waals surface area contributed by atoms with E-state index in [1.165, 1.54) is 49.7 Å². The molecule has 4 amide bonds. The number of amides is 4. The van der Waals surface area contributed by atoms with Crippen LogP contribution in [0.4, 0.5) is 0 Å². The molecule has 0 bridgehead atoms. The zero-order valence-electron chi connectivity index (χ0n) is 50.3. The van der Waals surface area contributed by atoms with Gasteiger partial charge in [-0.2, -0.15) is 0 Å². The number of hydrogen-bond acceptors (Lipinski definition) is 18. The largest absolute Gasteiger partial charge is 0.481 e. The summed E-state index contributed by atoms with van der Waals surface area (Å²) in [7, 11) is 6.38. The van der Waals surface area contributed by atoms with Crippen LogP contribution in [0.3, 0.4) is 0 Å². The van der Waals surface area contributed by atoms with Crippen molar-refractivity contribution in [2.45, 2.75) is 150 Å². The number of aromatic nitrogens is 1. The first kappa shape index (κ1) is 70.5. The minimum atomic E-state index is -1.18. The number of esters is 2. The maximum absolute atomic E-state index is 14.8. The molecule has 0 saturated heterocycles. The van der Waals surface area contributed by atoms with E-state index in [1.54, 1.807) is 79.7 Å². The van der Waals surface area contributed by atoms with Crippen molar-refractivity contribution in [2.75, 3.05) is 59.5 Å². The van der Waals surface area contributed by atoms with Crippen molar-refractivity contribution in [2.24, 2.45) is 23.7 Å². The van der Waals surface area contributed by atoms with Gasteiger partial charge in [0.2, 0.25) is 5.91 Å². The van der Waals surface area contributed by atoms with Crippen molar-refractivity contribution >= 4 is 93.7 Å². The van der Waals surface area contributed by atoms with Crippen molar-refractivity contribution in [3.63, 3.8) is 0 Å². The van der Waals surface area contributed by atoms with Crippen LogP contribution in [0.1, 0.15) is 140 Å². The van der Waals surface area contributed by atoms with Crippen LogP contribution in [0.5, 0.6) is 0 Å². The lowest BCUT2D eigenvalue weighted by Crippen LogP contribution is -2.53. The number of methoxy groups -OCH3 is 1. The molecule has 0 fully saturated rings. The van der Waals surface area contributed by atoms with Crippen molar-refractivity contribution in [3.8, 4) is 0 Å². The van der Waals surface area contributed by atoms with Gasteiger partial charge in [0.1, 0.15) is 29.8 Å². The first-order valence-electron chi connectivity index (χ1n) is 27.8. The molecule has 454 valence electrons. The molecule has 1 unspecified atom stereocenters. The maximum Gasteiger partial charge on any atom is 0.322 e. The molecule has 1 aliphatic rings. The average Bonchev–Trinajstić information content (AvgIpc) is 4.04. The van der Waals surface area contributed by atoms with E-state index in [-0.39, 0.29) is 73.7 Å². The summed E-state index contributed by atoms with van der Waals surface area (Å²) < 4.78 is 10.7. The number of likely N-dealkylation sites (N-methyl/N-ethyl adjacent to an activating group) is 2. The average molecular weight is 1200 g/mol. The SMILES string of the molecule is CC[C@H](C)[C@H](CC(=O)C(C)(C)N(C)CCC(=O)CN1C(=O)/C=C/SCS/C=C/C(=O)N1CC(=O)CCCN(C)[C@@H](C)C(=O)OC)C(=O)N(C)[C@H](C[C@@H](OC(C)=O)c1nc(C(=O)N[C@@H](Cc2ccc(C)cc2)CC(C)C(=O)O)cs1)C(C)C. The highest BCUT2D eigenvalue weighted by atomic mass is 32.2. The molecule has 2 heterocycles. The van der Waals surface area contributed by atoms with E-state index in [1.807, 2.05) is 58.9 Å². The van der Waals surface area contributed by atoms with Gasteiger partial charge in [0, 0.05) is 86.8 Å². The van der Waals surface area contributed by atoms with Crippen LogP contribution < -0.4 is 5.32 Å². The van der Waals surface area contributed by atoms with Gasteiger partial charge >= 0.3 is 17.9 Å². The fraction of sp³-hybridized carbons (Fsp3) is 0.610. The highest BCUT2D eigenvalue weighted by molar-refractivity contribution is 8.18. The molecule has 0 radical (unpaired) electrons. The summed E-state index contributed by atoms with van der Waals surface area (Å²) in [6.07, 6.45) is 2.93. The molecule has 3 rings (SSSR count). The molecular weight excluding hydrogens is 1110 g/mol. The number of rotatable bonds is 33. The van der Waals surface area contributed by atoms with Gasteiger partial charge < -0.3 is 24.8 Å². The van der Waals surface area contributed by atoms with Gasteiger partial charge in [0.05, 0.1) is 18.6 Å². The minimum Gasteiger partial charge on any atom is -0.481 e. The summed E-state index contributed by atoms with van der Waals surface area (Å²) in [6, 6.07) is 6.18. The monoisotopic (exact) mass is 1200 g/mol. The van der Waals surface area contributed by atoms with Gasteiger partial charge in [-0.3, -0.25) is 57.7 Å². The van der Waals surface area contributed by atoms with Gasteiger partial charge in [-0.05, 0) is 95.8 Å². The van der Waals surface area contributed by atoms with Crippen molar-refractivity contribution in [3.05, 3.63) is 74.4 Å². The molecule has 1 aromatic heterocycles. The number of nitrogens with zero attached hydrogens (tertiary/aromatic N) is 6. The normalized spacial score (nSPS) is 16.7. The van der Waals surface area contributed by atoms with E-state index >= 15 is 0 Å². The number of nitrogens with one attached hydrogen (secondary N) is 1. The molecular formula is C59H87N7O13S3. The first-order chi connectivity index (χ1) is 38.5. The van der Waals surface area contributed by atoms with E-state index in [2.05, 4.69) is 10.3 Å². The van der Waals surface area contributed by atoms with E-state index in [9.17, 15) is 53.1 Å². The maximum atomic E-state index is 14.8. The zero-order valence-corrected chi connectivity index (χ0v) is 52.7. The summed E-state index contributed by atoms with van der Waals surface area (Å²) in [6.45, 7) is 17.1. The second-order valence-electron chi connectivity index (χ2n) is 22.1. The summed E-state index contributed by atoms with van der Waals surface area (Å²) >= 11 is 3.78. The number of carboxylic acid groups (broad SMARTS) is 1. The Labute approximate surface area is 496 Å². The van der Waals surface area contributed by atoms with Gasteiger partial charge in [-0.1, -0.05) is 70.9 Å². The highest BCUT2D eigenvalue weighted by Crippen LogP contribution is 2.33. The summed E-state index contributed by atoms with van der Waals surface area (Å²) in [5.74, 6) is -7.10. The summed E-state index contributed by atoms with van der Waals surface area (Å²) in [4.78, 5) is 144. The van der Waals surface area contributed by atoms with Crippen LogP contribution in [0.25, 0.3) is 0 Å². The number of carbonyl (C=O) groups excluding carboxylic acids is 9. The van der Waals surface area contributed by atoms with Crippen molar-refractivity contribution in [1.29, 1.82) is 0 Å². The molecule has 0 aliphatic carbocycles. The molecule has 0 saturated carbocycles. The highest BCUT2D eigenvalue weighted by Gasteiger charge is 2.40. The predicted octanol–water partition coefficient (Wildman–Crippen LogP) is 7.55. The van der Waals surface area contributed by atoms with Crippen LogP contribution >= 0.6 is 34.9 Å². The molecule has 1 aliphatic heterocycles. The zero-order chi connectivity index (χ0) is 61.6. The quantitative estimate of drug-likeness (QED) is 0.0654. The fourth-order valence-corrected chi connectivity index (χ4v) is 11.3. The van der Waals surface area contributed by atoms with Crippen LogP contribution in [0.2, 0.25) is 0 Å². The Kier molecular flexibility index (Phi) is 29.4. The van der Waals surface area contributed by atoms with E-state index in [4.69, 9.17) is 9.47 Å². The molecule has 1 aromatic carbocycles. The number of benzene rings is 1. The number of hydrogen-bond donors (Lipinski definition) is 2. The topological polar surface area (TPSA) is 251 Å². The van der Waals surface area contributed by atoms with Gasteiger partial charge in [-0.15, -0.1) is 34.9 Å². The van der Waals surface area contributed by atoms with Crippen molar-refractivity contribution in [1.82, 2.24) is 35.0 Å². The third kappa shape index (κ3) is 22.1. The number of thioether (sulfide) groups is 2. The second-order valence-corrected chi connectivity index (χ2v) is 25.1. The fourth-order valence-electron chi connectivity index (χ4n) is 9.13. The lowest BCUT2D eigenvalue weighted by atomic mass is 9.81. The smallest absolute Gasteiger partial charge is 0.322 e. The number of ether oxygens (including phenoxy) is 2. The van der Waals surface area contributed by atoms with Crippen molar-refractivity contribution < 1.29 is 62.5 Å². The Morgan fingerprint density at radius 3 is 1.98 bits per heavy atom.